The van der Waals surface area contributed by atoms with Gasteiger partial charge in [-0.3, -0.25) is 9.59 Å². The van der Waals surface area contributed by atoms with Crippen LogP contribution in [0.4, 0.5) is 0 Å². The van der Waals surface area contributed by atoms with E-state index in [1.807, 2.05) is 72.8 Å². The van der Waals surface area contributed by atoms with E-state index >= 15 is 0 Å². The quantitative estimate of drug-likeness (QED) is 0.595. The van der Waals surface area contributed by atoms with Gasteiger partial charge in [0, 0.05) is 12.1 Å². The molecule has 0 fully saturated rings. The van der Waals surface area contributed by atoms with Crippen molar-refractivity contribution < 1.29 is 14.7 Å². The maximum atomic E-state index is 12.4. The van der Waals surface area contributed by atoms with Gasteiger partial charge in [0.2, 0.25) is 5.91 Å². The fraction of sp³-hybridized carbons (Fsp3) is 0.130. The number of aliphatic hydroxyl groups excluding tert-OH is 1. The molecule has 0 aliphatic carbocycles. The molecule has 3 N–H and O–H groups in total. The van der Waals surface area contributed by atoms with E-state index in [1.54, 1.807) is 12.1 Å². The second-order valence-corrected chi connectivity index (χ2v) is 6.36. The fourth-order valence-corrected chi connectivity index (χ4v) is 2.79. The minimum Gasteiger partial charge on any atom is -0.394 e. The molecule has 0 spiro atoms. The summed E-state index contributed by atoms with van der Waals surface area (Å²) in [5.74, 6) is -0.839. The lowest BCUT2D eigenvalue weighted by Crippen LogP contribution is -2.48. The molecule has 0 aromatic heterocycles. The summed E-state index contributed by atoms with van der Waals surface area (Å²) in [6.45, 7) is -0.147. The van der Waals surface area contributed by atoms with Crippen molar-refractivity contribution in [3.63, 3.8) is 0 Å². The van der Waals surface area contributed by atoms with Crippen LogP contribution in [0.15, 0.2) is 84.9 Å². The zero-order valence-electron chi connectivity index (χ0n) is 15.3. The van der Waals surface area contributed by atoms with Crippen molar-refractivity contribution in [1.82, 2.24) is 10.6 Å². The number of benzene rings is 3. The molecule has 3 aromatic rings. The van der Waals surface area contributed by atoms with Crippen molar-refractivity contribution in [1.29, 1.82) is 0 Å². The second-order valence-electron chi connectivity index (χ2n) is 6.36. The third kappa shape index (κ3) is 5.05. The molecule has 1 atom stereocenters. The molecule has 0 aliphatic heterocycles. The average Bonchev–Trinajstić information content (AvgIpc) is 2.77. The maximum absolute atomic E-state index is 12.4. The average molecular weight is 374 g/mol. The van der Waals surface area contributed by atoms with Crippen molar-refractivity contribution in [2.45, 2.75) is 12.6 Å². The third-order valence-electron chi connectivity index (χ3n) is 4.37. The monoisotopic (exact) mass is 374 g/mol. The van der Waals surface area contributed by atoms with Crippen LogP contribution in [0.2, 0.25) is 0 Å². The van der Waals surface area contributed by atoms with Gasteiger partial charge in [0.1, 0.15) is 6.04 Å². The lowest BCUT2D eigenvalue weighted by molar-refractivity contribution is -0.124. The van der Waals surface area contributed by atoms with E-state index in [-0.39, 0.29) is 0 Å². The molecule has 0 aliphatic rings. The Bertz CT molecular complexity index is 910. The van der Waals surface area contributed by atoms with Crippen molar-refractivity contribution in [3.8, 4) is 11.1 Å². The lowest BCUT2D eigenvalue weighted by atomic mass is 10.0. The van der Waals surface area contributed by atoms with Gasteiger partial charge in [-0.1, -0.05) is 72.8 Å². The van der Waals surface area contributed by atoms with E-state index in [2.05, 4.69) is 10.6 Å². The molecule has 28 heavy (non-hydrogen) atoms. The van der Waals surface area contributed by atoms with Gasteiger partial charge in [-0.15, -0.1) is 0 Å². The van der Waals surface area contributed by atoms with Gasteiger partial charge in [-0.2, -0.15) is 0 Å². The molecular formula is C23H22N2O3. The Kier molecular flexibility index (Phi) is 6.54. The molecular weight excluding hydrogens is 352 g/mol. The van der Waals surface area contributed by atoms with E-state index in [0.717, 1.165) is 16.7 Å². The van der Waals surface area contributed by atoms with Crippen LogP contribution in [0.25, 0.3) is 11.1 Å². The Balaban J connectivity index is 1.59. The van der Waals surface area contributed by atoms with Crippen LogP contribution in [0.5, 0.6) is 0 Å². The Labute approximate surface area is 164 Å². The first kappa shape index (κ1) is 19.3. The molecule has 2 amide bonds. The summed E-state index contributed by atoms with van der Waals surface area (Å²) in [6.07, 6.45) is 0. The first-order valence-electron chi connectivity index (χ1n) is 9.06. The number of hydrogen-bond acceptors (Lipinski definition) is 3. The van der Waals surface area contributed by atoms with E-state index < -0.39 is 24.5 Å². The van der Waals surface area contributed by atoms with Gasteiger partial charge in [-0.25, -0.2) is 0 Å². The van der Waals surface area contributed by atoms with Gasteiger partial charge >= 0.3 is 0 Å². The summed E-state index contributed by atoms with van der Waals surface area (Å²) in [7, 11) is 0. The van der Waals surface area contributed by atoms with Gasteiger partial charge < -0.3 is 15.7 Å². The molecule has 0 bridgehead atoms. The number of hydrogen-bond donors (Lipinski definition) is 3. The van der Waals surface area contributed by atoms with Crippen LogP contribution in [-0.2, 0) is 11.3 Å². The Morgan fingerprint density at radius 3 is 1.96 bits per heavy atom. The smallest absolute Gasteiger partial charge is 0.251 e. The number of carbonyl (C=O) groups excluding carboxylic acids is 2. The molecule has 142 valence electrons. The minimum absolute atomic E-state index is 0.331. The van der Waals surface area contributed by atoms with Gasteiger partial charge in [0.15, 0.2) is 0 Å². The molecule has 3 aromatic carbocycles. The first-order valence-corrected chi connectivity index (χ1v) is 9.06. The zero-order valence-corrected chi connectivity index (χ0v) is 15.3. The maximum Gasteiger partial charge on any atom is 0.251 e. The normalized spacial score (nSPS) is 11.5. The Morgan fingerprint density at radius 1 is 0.786 bits per heavy atom. The molecule has 3 rings (SSSR count). The predicted molar refractivity (Wildman–Crippen MR) is 109 cm³/mol. The minimum atomic E-state index is -1.01. The van der Waals surface area contributed by atoms with Crippen LogP contribution >= 0.6 is 0 Å². The van der Waals surface area contributed by atoms with Crippen molar-refractivity contribution >= 4 is 11.8 Å². The molecule has 5 heteroatoms. The zero-order chi connectivity index (χ0) is 19.8. The second kappa shape index (κ2) is 9.48. The number of nitrogens with one attached hydrogen (secondary N) is 2. The number of rotatable bonds is 7. The van der Waals surface area contributed by atoms with Crippen molar-refractivity contribution in [3.05, 3.63) is 96.1 Å². The standard InChI is InChI=1S/C23H22N2O3/c26-16-21(23(28)24-15-17-7-3-1-4-8-17)25-22(27)20-13-11-19(12-14-20)18-9-5-2-6-10-18/h1-14,21,26H,15-16H2,(H,24,28)(H,25,27)/t21-/m0/s1. The lowest BCUT2D eigenvalue weighted by Gasteiger charge is -2.16. The van der Waals surface area contributed by atoms with E-state index in [9.17, 15) is 14.7 Å². The van der Waals surface area contributed by atoms with Crippen LogP contribution in [0.3, 0.4) is 0 Å². The van der Waals surface area contributed by atoms with Crippen molar-refractivity contribution in [2.24, 2.45) is 0 Å². The highest BCUT2D eigenvalue weighted by atomic mass is 16.3. The fourth-order valence-electron chi connectivity index (χ4n) is 2.79. The highest BCUT2D eigenvalue weighted by Gasteiger charge is 2.20. The SMILES string of the molecule is O=C(N[C@@H](CO)C(=O)NCc1ccccc1)c1ccc(-c2ccccc2)cc1. The molecule has 0 unspecified atom stereocenters. The van der Waals surface area contributed by atoms with Gasteiger partial charge in [0.05, 0.1) is 6.61 Å². The third-order valence-corrected chi connectivity index (χ3v) is 4.37. The van der Waals surface area contributed by atoms with Gasteiger partial charge in [0.25, 0.3) is 5.91 Å². The Morgan fingerprint density at radius 2 is 1.36 bits per heavy atom. The van der Waals surface area contributed by atoms with Crippen LogP contribution < -0.4 is 10.6 Å². The highest BCUT2D eigenvalue weighted by Crippen LogP contribution is 2.19. The van der Waals surface area contributed by atoms with Gasteiger partial charge in [-0.05, 0) is 28.8 Å². The molecule has 0 saturated heterocycles. The summed E-state index contributed by atoms with van der Waals surface area (Å²) >= 11 is 0. The van der Waals surface area contributed by atoms with Crippen LogP contribution in [-0.4, -0.2) is 29.6 Å². The Hall–Kier alpha value is -3.44. The van der Waals surface area contributed by atoms with Crippen LogP contribution in [0, 0.1) is 0 Å². The summed E-state index contributed by atoms with van der Waals surface area (Å²) in [6, 6.07) is 25.4. The number of carbonyl (C=O) groups is 2. The predicted octanol–water partition coefficient (Wildman–Crippen LogP) is 2.76. The summed E-state index contributed by atoms with van der Waals surface area (Å²) in [4.78, 5) is 24.7. The molecule has 0 radical (unpaired) electrons. The molecule has 0 heterocycles. The van der Waals surface area contributed by atoms with Crippen LogP contribution in [0.1, 0.15) is 15.9 Å². The summed E-state index contributed by atoms with van der Waals surface area (Å²) in [5.41, 5.74) is 3.42. The number of aliphatic hydroxyl groups is 1. The summed E-state index contributed by atoms with van der Waals surface area (Å²) in [5, 5.41) is 14.8. The topological polar surface area (TPSA) is 78.4 Å². The highest BCUT2D eigenvalue weighted by molar-refractivity contribution is 5.97. The molecule has 0 saturated carbocycles. The number of amides is 2. The van der Waals surface area contributed by atoms with E-state index in [1.165, 1.54) is 0 Å². The van der Waals surface area contributed by atoms with E-state index in [0.29, 0.717) is 12.1 Å². The van der Waals surface area contributed by atoms with Crippen molar-refractivity contribution in [2.75, 3.05) is 6.61 Å². The largest absolute Gasteiger partial charge is 0.394 e. The van der Waals surface area contributed by atoms with E-state index in [4.69, 9.17) is 0 Å². The first-order chi connectivity index (χ1) is 13.7. The molecule has 5 nitrogen and oxygen atoms in total. The summed E-state index contributed by atoms with van der Waals surface area (Å²) < 4.78 is 0.